The van der Waals surface area contributed by atoms with E-state index in [1.807, 2.05) is 40.9 Å². The summed E-state index contributed by atoms with van der Waals surface area (Å²) in [5, 5.41) is 4.24. The fourth-order valence-electron chi connectivity index (χ4n) is 2.00. The van der Waals surface area contributed by atoms with Gasteiger partial charge in [0.1, 0.15) is 0 Å². The number of carbonyl (C=O) groups excluding carboxylic acids is 1. The first-order valence-electron chi connectivity index (χ1n) is 5.99. The summed E-state index contributed by atoms with van der Waals surface area (Å²) in [5.74, 6) is 0. The molecule has 1 N–H and O–H groups in total. The summed E-state index contributed by atoms with van der Waals surface area (Å²) in [7, 11) is 0. The van der Waals surface area contributed by atoms with E-state index in [4.69, 9.17) is 11.6 Å². The van der Waals surface area contributed by atoms with Gasteiger partial charge in [-0.1, -0.05) is 23.7 Å². The van der Waals surface area contributed by atoms with Crippen LogP contribution in [0.2, 0.25) is 5.02 Å². The van der Waals surface area contributed by atoms with Crippen LogP contribution in [0.25, 0.3) is 0 Å². The zero-order chi connectivity index (χ0) is 13.0. The topological polar surface area (TPSA) is 32.3 Å². The lowest BCUT2D eigenvalue weighted by Gasteiger charge is -2.17. The third-order valence-corrected chi connectivity index (χ3v) is 4.43. The van der Waals surface area contributed by atoms with E-state index in [2.05, 4.69) is 11.6 Å². The minimum absolute atomic E-state index is 0.0292. The molecule has 3 nitrogen and oxygen atoms in total. The first-order valence-corrected chi connectivity index (χ1v) is 7.65. The van der Waals surface area contributed by atoms with Crippen LogP contribution >= 0.6 is 23.4 Å². The summed E-state index contributed by atoms with van der Waals surface area (Å²) >= 11 is 7.65. The van der Waals surface area contributed by atoms with Crippen LogP contribution in [-0.4, -0.2) is 35.5 Å². The Labute approximate surface area is 117 Å². The molecule has 1 atom stereocenters. The van der Waals surface area contributed by atoms with Crippen LogP contribution < -0.4 is 5.32 Å². The molecule has 1 aliphatic rings. The van der Waals surface area contributed by atoms with Crippen LogP contribution in [-0.2, 0) is 6.54 Å². The van der Waals surface area contributed by atoms with E-state index >= 15 is 0 Å². The van der Waals surface area contributed by atoms with Crippen LogP contribution in [0.1, 0.15) is 12.0 Å². The zero-order valence-electron chi connectivity index (χ0n) is 10.4. The number of nitrogens with zero attached hydrogens (tertiary/aromatic N) is 1. The Hall–Kier alpha value is -0.870. The van der Waals surface area contributed by atoms with Crippen molar-refractivity contribution in [3.8, 4) is 0 Å². The van der Waals surface area contributed by atoms with E-state index in [0.29, 0.717) is 16.8 Å². The minimum atomic E-state index is 0.0292. The van der Waals surface area contributed by atoms with Gasteiger partial charge in [-0.2, -0.15) is 11.8 Å². The summed E-state index contributed by atoms with van der Waals surface area (Å²) in [5.41, 5.74) is 1.06. The lowest BCUT2D eigenvalue weighted by Crippen LogP contribution is -2.38. The zero-order valence-corrected chi connectivity index (χ0v) is 11.9. The second-order valence-electron chi connectivity index (χ2n) is 4.38. The largest absolute Gasteiger partial charge is 0.334 e. The average Bonchev–Trinajstić information content (AvgIpc) is 2.86. The maximum absolute atomic E-state index is 11.9. The quantitative estimate of drug-likeness (QED) is 0.925. The number of carbonyl (C=O) groups is 1. The Balaban J connectivity index is 1.80. The molecule has 18 heavy (non-hydrogen) atoms. The van der Waals surface area contributed by atoms with Crippen molar-refractivity contribution in [1.82, 2.24) is 10.2 Å². The number of urea groups is 1. The van der Waals surface area contributed by atoms with E-state index in [1.165, 1.54) is 0 Å². The van der Waals surface area contributed by atoms with Gasteiger partial charge >= 0.3 is 6.03 Å². The van der Waals surface area contributed by atoms with Crippen LogP contribution in [0.4, 0.5) is 4.79 Å². The minimum Gasteiger partial charge on any atom is -0.334 e. The van der Waals surface area contributed by atoms with Gasteiger partial charge in [0.2, 0.25) is 0 Å². The number of thioether (sulfide) groups is 1. The lowest BCUT2D eigenvalue weighted by atomic mass is 10.2. The van der Waals surface area contributed by atoms with Crippen molar-refractivity contribution in [2.75, 3.05) is 19.3 Å². The molecule has 1 aliphatic heterocycles. The van der Waals surface area contributed by atoms with Crippen molar-refractivity contribution in [3.63, 3.8) is 0 Å². The molecule has 0 radical (unpaired) electrons. The predicted octanol–water partition coefficient (Wildman–Crippen LogP) is 2.99. The maximum atomic E-state index is 11.9. The number of rotatable bonds is 3. The third-order valence-electron chi connectivity index (χ3n) is 3.12. The van der Waals surface area contributed by atoms with E-state index in [-0.39, 0.29) is 6.03 Å². The van der Waals surface area contributed by atoms with Gasteiger partial charge in [-0.05, 0) is 30.4 Å². The summed E-state index contributed by atoms with van der Waals surface area (Å²) in [6.07, 6.45) is 3.19. The highest BCUT2D eigenvalue weighted by Gasteiger charge is 2.25. The van der Waals surface area contributed by atoms with Gasteiger partial charge < -0.3 is 10.2 Å². The highest BCUT2D eigenvalue weighted by Crippen LogP contribution is 2.20. The Morgan fingerprint density at radius 2 is 2.22 bits per heavy atom. The van der Waals surface area contributed by atoms with E-state index in [0.717, 1.165) is 25.1 Å². The number of halogens is 1. The second kappa shape index (κ2) is 6.34. The standard InChI is InChI=1S/C13H17ClN2OS/c1-18-12-6-7-16(9-12)13(17)15-8-10-2-4-11(14)5-3-10/h2-5,12H,6-9H2,1H3,(H,15,17). The average molecular weight is 285 g/mol. The molecule has 1 aromatic carbocycles. The van der Waals surface area contributed by atoms with Crippen LogP contribution in [0.15, 0.2) is 24.3 Å². The molecule has 0 aromatic heterocycles. The first kappa shape index (κ1) is 13.6. The van der Waals surface area contributed by atoms with Crippen molar-refractivity contribution >= 4 is 29.4 Å². The van der Waals surface area contributed by atoms with Gasteiger partial charge in [-0.3, -0.25) is 0 Å². The van der Waals surface area contributed by atoms with E-state index < -0.39 is 0 Å². The van der Waals surface area contributed by atoms with Gasteiger partial charge in [-0.25, -0.2) is 4.79 Å². The molecule has 5 heteroatoms. The third kappa shape index (κ3) is 3.56. The fraction of sp³-hybridized carbons (Fsp3) is 0.462. The number of hydrogen-bond acceptors (Lipinski definition) is 2. The molecule has 1 unspecified atom stereocenters. The summed E-state index contributed by atoms with van der Waals surface area (Å²) < 4.78 is 0. The van der Waals surface area contributed by atoms with Crippen molar-refractivity contribution in [1.29, 1.82) is 0 Å². The predicted molar refractivity (Wildman–Crippen MR) is 77.2 cm³/mol. The van der Waals surface area contributed by atoms with Crippen molar-refractivity contribution in [2.24, 2.45) is 0 Å². The highest BCUT2D eigenvalue weighted by molar-refractivity contribution is 7.99. The second-order valence-corrected chi connectivity index (χ2v) is 5.95. The molecule has 1 aromatic rings. The molecule has 1 heterocycles. The monoisotopic (exact) mass is 284 g/mol. The van der Waals surface area contributed by atoms with Crippen molar-refractivity contribution in [2.45, 2.75) is 18.2 Å². The van der Waals surface area contributed by atoms with Gasteiger partial charge in [0.15, 0.2) is 0 Å². The Bertz CT molecular complexity index is 410. The van der Waals surface area contributed by atoms with Crippen molar-refractivity contribution < 1.29 is 4.79 Å². The van der Waals surface area contributed by atoms with Gasteiger partial charge in [-0.15, -0.1) is 0 Å². The number of benzene rings is 1. The highest BCUT2D eigenvalue weighted by atomic mass is 35.5. The smallest absolute Gasteiger partial charge is 0.317 e. The van der Waals surface area contributed by atoms with Gasteiger partial charge in [0.05, 0.1) is 0 Å². The molecule has 1 fully saturated rings. The SMILES string of the molecule is CSC1CCN(C(=O)NCc2ccc(Cl)cc2)C1. The molecule has 98 valence electrons. The first-order chi connectivity index (χ1) is 8.69. The number of likely N-dealkylation sites (tertiary alicyclic amines) is 1. The molecule has 0 bridgehead atoms. The molecule has 0 spiro atoms. The summed E-state index contributed by atoms with van der Waals surface area (Å²) in [6.45, 7) is 2.27. The van der Waals surface area contributed by atoms with Gasteiger partial charge in [0.25, 0.3) is 0 Å². The van der Waals surface area contributed by atoms with E-state index in [9.17, 15) is 4.79 Å². The van der Waals surface area contributed by atoms with Crippen LogP contribution in [0.5, 0.6) is 0 Å². The maximum Gasteiger partial charge on any atom is 0.317 e. The normalized spacial score (nSPS) is 19.0. The lowest BCUT2D eigenvalue weighted by molar-refractivity contribution is 0.208. The summed E-state index contributed by atoms with van der Waals surface area (Å²) in [6, 6.07) is 7.56. The number of hydrogen-bond donors (Lipinski definition) is 1. The number of amides is 2. The van der Waals surface area contributed by atoms with Crippen molar-refractivity contribution in [3.05, 3.63) is 34.9 Å². The molecule has 0 saturated carbocycles. The van der Waals surface area contributed by atoms with Crippen LogP contribution in [0.3, 0.4) is 0 Å². The Morgan fingerprint density at radius 1 is 1.50 bits per heavy atom. The molecule has 2 amide bonds. The molecular weight excluding hydrogens is 268 g/mol. The Morgan fingerprint density at radius 3 is 2.83 bits per heavy atom. The fourth-order valence-corrected chi connectivity index (χ4v) is 2.79. The van der Waals surface area contributed by atoms with E-state index in [1.54, 1.807) is 0 Å². The molecule has 0 aliphatic carbocycles. The Kier molecular flexibility index (Phi) is 4.78. The molecular formula is C13H17ClN2OS. The molecule has 2 rings (SSSR count). The summed E-state index contributed by atoms with van der Waals surface area (Å²) in [4.78, 5) is 13.8. The molecule has 1 saturated heterocycles. The van der Waals surface area contributed by atoms with Gasteiger partial charge in [0, 0.05) is 29.9 Å². The van der Waals surface area contributed by atoms with Crippen LogP contribution in [0, 0.1) is 0 Å². The number of nitrogens with one attached hydrogen (secondary N) is 1.